The number of imidazole rings is 1. The molecular formula is C18H16BrFN4O2. The molecule has 0 N–H and O–H groups in total. The molecular weight excluding hydrogens is 403 g/mol. The van der Waals surface area contributed by atoms with Crippen LogP contribution in [0.2, 0.25) is 0 Å². The first-order chi connectivity index (χ1) is 12.6. The van der Waals surface area contributed by atoms with Gasteiger partial charge in [-0.15, -0.1) is 0 Å². The number of aromatic nitrogens is 2. The predicted octanol–water partition coefficient (Wildman–Crippen LogP) is 2.62. The van der Waals surface area contributed by atoms with Crippen molar-refractivity contribution in [3.05, 3.63) is 57.8 Å². The van der Waals surface area contributed by atoms with Gasteiger partial charge >= 0.3 is 0 Å². The molecule has 0 unspecified atom stereocenters. The van der Waals surface area contributed by atoms with Gasteiger partial charge in [0.05, 0.1) is 22.5 Å². The number of nitrogens with zero attached hydrogens (tertiary/aromatic N) is 4. The maximum absolute atomic E-state index is 13.9. The van der Waals surface area contributed by atoms with E-state index in [2.05, 4.69) is 25.9 Å². The normalized spacial score (nSPS) is 16.6. The van der Waals surface area contributed by atoms with Gasteiger partial charge in [-0.3, -0.25) is 14.4 Å². The van der Waals surface area contributed by atoms with Gasteiger partial charge in [-0.2, -0.15) is 0 Å². The summed E-state index contributed by atoms with van der Waals surface area (Å²) in [7, 11) is 1.61. The Hall–Kier alpha value is -2.32. The minimum absolute atomic E-state index is 0.0603. The molecule has 0 fully saturated rings. The Kier molecular flexibility index (Phi) is 4.46. The van der Waals surface area contributed by atoms with E-state index in [0.717, 1.165) is 22.5 Å². The van der Waals surface area contributed by atoms with E-state index in [0.29, 0.717) is 29.9 Å². The number of carbonyl (C=O) groups is 1. The number of aliphatic imine (C=N–C) groups is 1. The van der Waals surface area contributed by atoms with Crippen molar-refractivity contribution in [1.29, 1.82) is 0 Å². The molecule has 1 amide bonds. The first-order valence-corrected chi connectivity index (χ1v) is 8.93. The molecule has 2 aliphatic heterocycles. The number of hydrogen-bond acceptors (Lipinski definition) is 4. The zero-order valence-corrected chi connectivity index (χ0v) is 15.7. The van der Waals surface area contributed by atoms with Gasteiger partial charge in [-0.1, -0.05) is 0 Å². The Morgan fingerprint density at radius 2 is 2.23 bits per heavy atom. The summed E-state index contributed by atoms with van der Waals surface area (Å²) in [6.07, 6.45) is 5.92. The van der Waals surface area contributed by atoms with Crippen LogP contribution in [0.5, 0.6) is 0 Å². The van der Waals surface area contributed by atoms with Crippen molar-refractivity contribution in [3.8, 4) is 0 Å². The molecule has 1 aromatic carbocycles. The highest BCUT2D eigenvalue weighted by Crippen LogP contribution is 2.35. The summed E-state index contributed by atoms with van der Waals surface area (Å²) in [5.41, 5.74) is 3.21. The lowest BCUT2D eigenvalue weighted by Gasteiger charge is -2.31. The fourth-order valence-electron chi connectivity index (χ4n) is 3.25. The molecule has 2 aromatic rings. The van der Waals surface area contributed by atoms with E-state index in [9.17, 15) is 9.18 Å². The second kappa shape index (κ2) is 6.77. The fourth-order valence-corrected chi connectivity index (χ4v) is 3.79. The largest absolute Gasteiger partial charge is 0.378 e. The van der Waals surface area contributed by atoms with Crippen molar-refractivity contribution in [2.75, 3.05) is 20.2 Å². The van der Waals surface area contributed by atoms with E-state index < -0.39 is 0 Å². The van der Waals surface area contributed by atoms with Gasteiger partial charge in [-0.25, -0.2) is 9.37 Å². The quantitative estimate of drug-likeness (QED) is 0.752. The number of rotatable bonds is 2. The van der Waals surface area contributed by atoms with Crippen LogP contribution in [-0.4, -0.2) is 46.4 Å². The highest BCUT2D eigenvalue weighted by Gasteiger charge is 2.30. The van der Waals surface area contributed by atoms with Crippen molar-refractivity contribution in [2.45, 2.75) is 13.0 Å². The molecule has 0 saturated heterocycles. The summed E-state index contributed by atoms with van der Waals surface area (Å²) >= 11 is 3.33. The van der Waals surface area contributed by atoms with Crippen LogP contribution in [-0.2, 0) is 22.6 Å². The number of methoxy groups -OCH3 is 1. The van der Waals surface area contributed by atoms with Crippen molar-refractivity contribution in [3.63, 3.8) is 0 Å². The standard InChI is InChI=1S/C18H16BrFN4O2/c1-26-9-11-8-23(10-22-11)16-6-15-12-2-3-14(20)18(19)13(12)4-5-24(15)17(25)7-21-16/h2-3,6,8,10H,4-5,7,9H2,1H3. The van der Waals surface area contributed by atoms with E-state index in [1.54, 1.807) is 29.0 Å². The molecule has 0 atom stereocenters. The Labute approximate surface area is 158 Å². The highest BCUT2D eigenvalue weighted by atomic mass is 79.9. The molecule has 6 nitrogen and oxygen atoms in total. The molecule has 0 bridgehead atoms. The fraction of sp³-hybridized carbons (Fsp3) is 0.278. The first kappa shape index (κ1) is 17.1. The Morgan fingerprint density at radius 1 is 1.38 bits per heavy atom. The molecule has 26 heavy (non-hydrogen) atoms. The number of allylic oxidation sites excluding steroid dienone is 1. The van der Waals surface area contributed by atoms with Crippen molar-refractivity contribution < 1.29 is 13.9 Å². The number of amides is 1. The topological polar surface area (TPSA) is 59.7 Å². The smallest absolute Gasteiger partial charge is 0.248 e. The summed E-state index contributed by atoms with van der Waals surface area (Å²) in [5, 5.41) is 0. The zero-order valence-electron chi connectivity index (χ0n) is 14.1. The number of hydrogen-bond donors (Lipinski definition) is 0. The Balaban J connectivity index is 1.81. The zero-order chi connectivity index (χ0) is 18.3. The van der Waals surface area contributed by atoms with Crippen LogP contribution in [0.15, 0.2) is 40.2 Å². The predicted molar refractivity (Wildman–Crippen MR) is 98.1 cm³/mol. The minimum Gasteiger partial charge on any atom is -0.378 e. The lowest BCUT2D eigenvalue weighted by Crippen LogP contribution is -2.36. The third-order valence-corrected chi connectivity index (χ3v) is 5.34. The van der Waals surface area contributed by atoms with E-state index in [1.807, 2.05) is 12.3 Å². The summed E-state index contributed by atoms with van der Waals surface area (Å²) in [6.45, 7) is 0.961. The molecule has 1 aromatic heterocycles. The maximum Gasteiger partial charge on any atom is 0.248 e. The third kappa shape index (κ3) is 2.89. The SMILES string of the molecule is COCc1cn(C2=NCC(=O)N3CCc4c(ccc(F)c4Br)C3=C2)cn1. The third-order valence-electron chi connectivity index (χ3n) is 4.48. The monoisotopic (exact) mass is 418 g/mol. The molecule has 2 aliphatic rings. The minimum atomic E-state index is -0.301. The lowest BCUT2D eigenvalue weighted by atomic mass is 9.96. The summed E-state index contributed by atoms with van der Waals surface area (Å²) < 4.78 is 21.2. The van der Waals surface area contributed by atoms with Crippen LogP contribution in [0.3, 0.4) is 0 Å². The highest BCUT2D eigenvalue weighted by molar-refractivity contribution is 9.10. The van der Waals surface area contributed by atoms with Crippen LogP contribution >= 0.6 is 15.9 Å². The van der Waals surface area contributed by atoms with Crippen LogP contribution in [0, 0.1) is 5.82 Å². The molecule has 0 spiro atoms. The van der Waals surface area contributed by atoms with Crippen LogP contribution in [0.1, 0.15) is 16.8 Å². The number of benzene rings is 1. The van der Waals surface area contributed by atoms with E-state index in [4.69, 9.17) is 4.74 Å². The molecule has 134 valence electrons. The Morgan fingerprint density at radius 3 is 3.04 bits per heavy atom. The lowest BCUT2D eigenvalue weighted by molar-refractivity contribution is -0.126. The summed E-state index contributed by atoms with van der Waals surface area (Å²) in [5.74, 6) is 0.235. The van der Waals surface area contributed by atoms with Crippen LogP contribution in [0.4, 0.5) is 4.39 Å². The van der Waals surface area contributed by atoms with Gasteiger partial charge in [0, 0.05) is 31.5 Å². The summed E-state index contributed by atoms with van der Waals surface area (Å²) in [6, 6.07) is 3.13. The molecule has 0 radical (unpaired) electrons. The molecule has 4 rings (SSSR count). The average Bonchev–Trinajstić information content (AvgIpc) is 3.03. The van der Waals surface area contributed by atoms with E-state index in [1.165, 1.54) is 6.07 Å². The summed E-state index contributed by atoms with van der Waals surface area (Å²) in [4.78, 5) is 23.0. The number of fused-ring (bicyclic) bond motifs is 3. The molecule has 0 aliphatic carbocycles. The molecule has 8 heteroatoms. The number of halogens is 2. The van der Waals surface area contributed by atoms with Crippen molar-refractivity contribution >= 4 is 33.4 Å². The van der Waals surface area contributed by atoms with Gasteiger partial charge in [0.2, 0.25) is 5.91 Å². The maximum atomic E-state index is 13.9. The average molecular weight is 419 g/mol. The second-order valence-electron chi connectivity index (χ2n) is 6.09. The van der Waals surface area contributed by atoms with E-state index >= 15 is 0 Å². The van der Waals surface area contributed by atoms with Crippen molar-refractivity contribution in [1.82, 2.24) is 14.5 Å². The molecule has 3 heterocycles. The van der Waals surface area contributed by atoms with Gasteiger partial charge in [0.1, 0.15) is 24.5 Å². The Bertz CT molecular complexity index is 951. The van der Waals surface area contributed by atoms with Crippen LogP contribution in [0.25, 0.3) is 5.70 Å². The van der Waals surface area contributed by atoms with Gasteiger partial charge < -0.3 is 9.64 Å². The number of ether oxygens (including phenoxy) is 1. The van der Waals surface area contributed by atoms with Gasteiger partial charge in [0.15, 0.2) is 0 Å². The number of carbonyl (C=O) groups excluding carboxylic acids is 1. The van der Waals surface area contributed by atoms with Gasteiger partial charge in [-0.05, 0) is 40.0 Å². The van der Waals surface area contributed by atoms with Crippen LogP contribution < -0.4 is 0 Å². The first-order valence-electron chi connectivity index (χ1n) is 8.14. The molecule has 0 saturated carbocycles. The van der Waals surface area contributed by atoms with Gasteiger partial charge in [0.25, 0.3) is 0 Å². The van der Waals surface area contributed by atoms with E-state index in [-0.39, 0.29) is 18.3 Å². The second-order valence-corrected chi connectivity index (χ2v) is 6.89. The van der Waals surface area contributed by atoms with Crippen molar-refractivity contribution in [2.24, 2.45) is 4.99 Å².